The summed E-state index contributed by atoms with van der Waals surface area (Å²) in [7, 11) is 0. The molecule has 0 fully saturated rings. The van der Waals surface area contributed by atoms with Gasteiger partial charge in [0.15, 0.2) is 0 Å². The van der Waals surface area contributed by atoms with Crippen LogP contribution < -0.4 is 10.5 Å². The van der Waals surface area contributed by atoms with Gasteiger partial charge in [0, 0.05) is 0 Å². The molecule has 1 aromatic carbocycles. The fourth-order valence-corrected chi connectivity index (χ4v) is 1.16. The standard InChI is InChI=1S/C10H8F7NO.ClH/c11-8(12)10(16,17)19-6-3-1-2-5(4-6)7(18)9(13,14)15;/h1-4,7-8H,18H2;1H/t7-;/m1./s1. The maximum absolute atomic E-state index is 12.6. The van der Waals surface area contributed by atoms with Crippen molar-refractivity contribution in [3.05, 3.63) is 29.8 Å². The summed E-state index contributed by atoms with van der Waals surface area (Å²) in [5.41, 5.74) is 4.27. The quantitative estimate of drug-likeness (QED) is 0.851. The van der Waals surface area contributed by atoms with E-state index in [1.807, 2.05) is 0 Å². The smallest absolute Gasteiger partial charge is 0.428 e. The second kappa shape index (κ2) is 6.49. The van der Waals surface area contributed by atoms with Gasteiger partial charge in [0.05, 0.1) is 0 Å². The van der Waals surface area contributed by atoms with Crippen LogP contribution in [0.3, 0.4) is 0 Å². The summed E-state index contributed by atoms with van der Waals surface area (Å²) >= 11 is 0. The van der Waals surface area contributed by atoms with E-state index in [9.17, 15) is 30.7 Å². The predicted molar refractivity (Wildman–Crippen MR) is 58.3 cm³/mol. The van der Waals surface area contributed by atoms with Gasteiger partial charge in [-0.2, -0.15) is 30.7 Å². The predicted octanol–water partition coefficient (Wildman–Crippen LogP) is 3.91. The third-order valence-electron chi connectivity index (χ3n) is 2.08. The van der Waals surface area contributed by atoms with Crippen molar-refractivity contribution in [2.45, 2.75) is 24.8 Å². The van der Waals surface area contributed by atoms with E-state index in [0.29, 0.717) is 6.07 Å². The molecule has 2 N–H and O–H groups in total. The summed E-state index contributed by atoms with van der Waals surface area (Å²) < 4.78 is 89.4. The topological polar surface area (TPSA) is 35.2 Å². The SMILES string of the molecule is Cl.N[C@H](c1cccc(OC(F)(F)C(F)F)c1)C(F)(F)F. The molecule has 2 nitrogen and oxygen atoms in total. The van der Waals surface area contributed by atoms with E-state index in [1.165, 1.54) is 0 Å². The molecule has 1 aromatic rings. The Kier molecular flexibility index (Phi) is 6.09. The van der Waals surface area contributed by atoms with E-state index < -0.39 is 36.1 Å². The average Bonchev–Trinajstić information content (AvgIpc) is 2.26. The van der Waals surface area contributed by atoms with Crippen LogP contribution in [-0.2, 0) is 0 Å². The minimum atomic E-state index is -4.79. The van der Waals surface area contributed by atoms with Crippen molar-refractivity contribution in [1.29, 1.82) is 0 Å². The molecule has 1 rings (SSSR count). The maximum atomic E-state index is 12.6. The lowest BCUT2D eigenvalue weighted by molar-refractivity contribution is -0.253. The summed E-state index contributed by atoms with van der Waals surface area (Å²) in [5, 5.41) is 0. The fraction of sp³-hybridized carbons (Fsp3) is 0.400. The molecule has 0 aliphatic carbocycles. The van der Waals surface area contributed by atoms with Crippen molar-refractivity contribution in [1.82, 2.24) is 0 Å². The first-order chi connectivity index (χ1) is 8.54. The molecule has 20 heavy (non-hydrogen) atoms. The van der Waals surface area contributed by atoms with E-state index >= 15 is 0 Å². The summed E-state index contributed by atoms with van der Waals surface area (Å²) in [4.78, 5) is 0. The lowest BCUT2D eigenvalue weighted by Gasteiger charge is -2.19. The van der Waals surface area contributed by atoms with Crippen molar-refractivity contribution < 1.29 is 35.5 Å². The average molecular weight is 328 g/mol. The van der Waals surface area contributed by atoms with Crippen LogP contribution in [0.25, 0.3) is 0 Å². The lowest BCUT2D eigenvalue weighted by atomic mass is 10.1. The maximum Gasteiger partial charge on any atom is 0.461 e. The molecule has 0 unspecified atom stereocenters. The van der Waals surface area contributed by atoms with E-state index in [4.69, 9.17) is 5.73 Å². The molecule has 0 saturated heterocycles. The molecule has 1 atom stereocenters. The lowest BCUT2D eigenvalue weighted by Crippen LogP contribution is -2.33. The first-order valence-corrected chi connectivity index (χ1v) is 4.81. The molecule has 0 aliphatic rings. The Morgan fingerprint density at radius 3 is 2.05 bits per heavy atom. The highest BCUT2D eigenvalue weighted by Crippen LogP contribution is 2.33. The van der Waals surface area contributed by atoms with Gasteiger partial charge in [-0.25, -0.2) is 0 Å². The number of rotatable bonds is 4. The van der Waals surface area contributed by atoms with Crippen LogP contribution in [0.1, 0.15) is 11.6 Å². The first-order valence-electron chi connectivity index (χ1n) is 4.81. The van der Waals surface area contributed by atoms with E-state index in [2.05, 4.69) is 4.74 Å². The van der Waals surface area contributed by atoms with Gasteiger partial charge in [-0.3, -0.25) is 0 Å². The highest BCUT2D eigenvalue weighted by molar-refractivity contribution is 5.85. The monoisotopic (exact) mass is 327 g/mol. The van der Waals surface area contributed by atoms with Crippen LogP contribution >= 0.6 is 12.4 Å². The normalized spacial score (nSPS) is 13.8. The van der Waals surface area contributed by atoms with Crippen LogP contribution in [0.5, 0.6) is 5.75 Å². The Hall–Kier alpha value is -1.22. The van der Waals surface area contributed by atoms with Crippen molar-refractivity contribution in [3.8, 4) is 5.75 Å². The molecule has 116 valence electrons. The molecule has 0 amide bonds. The van der Waals surface area contributed by atoms with Crippen LogP contribution in [-0.4, -0.2) is 18.7 Å². The number of nitrogens with two attached hydrogens (primary N) is 1. The molecule has 0 spiro atoms. The van der Waals surface area contributed by atoms with Crippen LogP contribution in [0.2, 0.25) is 0 Å². The molecular weight excluding hydrogens is 319 g/mol. The van der Waals surface area contributed by atoms with Crippen LogP contribution in [0.4, 0.5) is 30.7 Å². The van der Waals surface area contributed by atoms with Gasteiger partial charge >= 0.3 is 18.7 Å². The number of hydrogen-bond acceptors (Lipinski definition) is 2. The van der Waals surface area contributed by atoms with Crippen molar-refractivity contribution >= 4 is 12.4 Å². The van der Waals surface area contributed by atoms with Gasteiger partial charge in [0.1, 0.15) is 11.8 Å². The molecule has 0 heterocycles. The van der Waals surface area contributed by atoms with Crippen LogP contribution in [0.15, 0.2) is 24.3 Å². The largest absolute Gasteiger partial charge is 0.461 e. The summed E-state index contributed by atoms with van der Waals surface area (Å²) in [6.07, 6.45) is -13.7. The third-order valence-corrected chi connectivity index (χ3v) is 2.08. The Morgan fingerprint density at radius 1 is 1.05 bits per heavy atom. The number of alkyl halides is 7. The van der Waals surface area contributed by atoms with Gasteiger partial charge in [0.25, 0.3) is 0 Å². The Labute approximate surface area is 115 Å². The second-order valence-electron chi connectivity index (χ2n) is 3.56. The van der Waals surface area contributed by atoms with Gasteiger partial charge in [-0.1, -0.05) is 12.1 Å². The van der Waals surface area contributed by atoms with Gasteiger partial charge in [-0.15, -0.1) is 12.4 Å². The zero-order valence-corrected chi connectivity index (χ0v) is 10.3. The Balaban J connectivity index is 0.00000361. The molecule has 0 aliphatic heterocycles. The Morgan fingerprint density at radius 2 is 1.60 bits per heavy atom. The molecule has 0 saturated carbocycles. The molecule has 0 aromatic heterocycles. The van der Waals surface area contributed by atoms with Gasteiger partial charge in [-0.05, 0) is 17.7 Å². The van der Waals surface area contributed by atoms with Crippen molar-refractivity contribution in [2.24, 2.45) is 5.73 Å². The number of hydrogen-bond donors (Lipinski definition) is 1. The summed E-state index contributed by atoms with van der Waals surface area (Å²) in [5.74, 6) is -0.831. The zero-order chi connectivity index (χ0) is 14.8. The fourth-order valence-electron chi connectivity index (χ4n) is 1.16. The molecule has 10 heteroatoms. The van der Waals surface area contributed by atoms with Gasteiger partial charge < -0.3 is 10.5 Å². The highest BCUT2D eigenvalue weighted by atomic mass is 35.5. The van der Waals surface area contributed by atoms with Crippen LogP contribution in [0, 0.1) is 0 Å². The van der Waals surface area contributed by atoms with E-state index in [0.717, 1.165) is 18.2 Å². The summed E-state index contributed by atoms with van der Waals surface area (Å²) in [6.45, 7) is 0. The number of ether oxygens (including phenoxy) is 1. The minimum absolute atomic E-state index is 0. The Bertz CT molecular complexity index is 438. The highest BCUT2D eigenvalue weighted by Gasteiger charge is 2.44. The number of halogens is 8. The molecular formula is C10H9ClF7NO. The molecule has 0 radical (unpaired) electrons. The minimum Gasteiger partial charge on any atom is -0.428 e. The van der Waals surface area contributed by atoms with Crippen molar-refractivity contribution in [2.75, 3.05) is 0 Å². The second-order valence-corrected chi connectivity index (χ2v) is 3.56. The zero-order valence-electron chi connectivity index (χ0n) is 9.50. The van der Waals surface area contributed by atoms with Crippen molar-refractivity contribution in [3.63, 3.8) is 0 Å². The summed E-state index contributed by atoms with van der Waals surface area (Å²) in [6, 6.07) is 0.803. The number of benzene rings is 1. The van der Waals surface area contributed by atoms with Gasteiger partial charge in [0.2, 0.25) is 0 Å². The van der Waals surface area contributed by atoms with E-state index in [-0.39, 0.29) is 12.4 Å². The van der Waals surface area contributed by atoms with E-state index in [1.54, 1.807) is 0 Å². The first kappa shape index (κ1) is 18.8. The third kappa shape index (κ3) is 4.71. The molecule has 0 bridgehead atoms.